The van der Waals surface area contributed by atoms with Gasteiger partial charge in [-0.1, -0.05) is 6.07 Å². The third kappa shape index (κ3) is 5.03. The number of methoxy groups -OCH3 is 1. The SMILES string of the molecule is COc1cc(/C=C/C(=O)O[C@H](C)C(=O)Nc2ccc(F)c(F)c2F)ccc1O. The number of phenols is 1. The second kappa shape index (κ2) is 8.94. The van der Waals surface area contributed by atoms with Crippen molar-refractivity contribution in [2.45, 2.75) is 13.0 Å². The summed E-state index contributed by atoms with van der Waals surface area (Å²) in [5, 5.41) is 11.5. The lowest BCUT2D eigenvalue weighted by Gasteiger charge is -2.13. The van der Waals surface area contributed by atoms with Gasteiger partial charge >= 0.3 is 5.97 Å². The Hall–Kier alpha value is -3.49. The topological polar surface area (TPSA) is 84.9 Å². The fraction of sp³-hybridized carbons (Fsp3) is 0.158. The molecule has 0 fully saturated rings. The number of nitrogens with one attached hydrogen (secondary N) is 1. The average Bonchev–Trinajstić information content (AvgIpc) is 2.67. The Morgan fingerprint density at radius 3 is 2.54 bits per heavy atom. The van der Waals surface area contributed by atoms with E-state index < -0.39 is 41.1 Å². The average molecular weight is 395 g/mol. The van der Waals surface area contributed by atoms with E-state index in [1.165, 1.54) is 38.3 Å². The van der Waals surface area contributed by atoms with E-state index in [9.17, 15) is 27.9 Å². The normalized spacial score (nSPS) is 11.9. The van der Waals surface area contributed by atoms with Crippen LogP contribution < -0.4 is 10.1 Å². The summed E-state index contributed by atoms with van der Waals surface area (Å²) in [6.45, 7) is 1.22. The molecule has 9 heteroatoms. The molecular weight excluding hydrogens is 379 g/mol. The number of carbonyl (C=O) groups excluding carboxylic acids is 2. The van der Waals surface area contributed by atoms with Crippen LogP contribution >= 0.6 is 0 Å². The maximum absolute atomic E-state index is 13.6. The molecule has 0 spiro atoms. The summed E-state index contributed by atoms with van der Waals surface area (Å²) in [5.41, 5.74) is -0.0638. The van der Waals surface area contributed by atoms with Gasteiger partial charge in [0.15, 0.2) is 35.1 Å². The number of amides is 1. The van der Waals surface area contributed by atoms with Gasteiger partial charge in [0.05, 0.1) is 12.8 Å². The minimum Gasteiger partial charge on any atom is -0.504 e. The minimum atomic E-state index is -1.73. The molecule has 28 heavy (non-hydrogen) atoms. The highest BCUT2D eigenvalue weighted by atomic mass is 19.2. The van der Waals surface area contributed by atoms with Crippen LogP contribution in [0.25, 0.3) is 6.08 Å². The van der Waals surface area contributed by atoms with Crippen LogP contribution in [0.1, 0.15) is 12.5 Å². The lowest BCUT2D eigenvalue weighted by atomic mass is 10.2. The first kappa shape index (κ1) is 20.8. The molecule has 2 N–H and O–H groups in total. The van der Waals surface area contributed by atoms with Crippen molar-refractivity contribution in [1.29, 1.82) is 0 Å². The van der Waals surface area contributed by atoms with E-state index in [-0.39, 0.29) is 11.5 Å². The number of esters is 1. The highest BCUT2D eigenvalue weighted by molar-refractivity contribution is 5.96. The number of hydrogen-bond donors (Lipinski definition) is 2. The van der Waals surface area contributed by atoms with Crippen molar-refractivity contribution in [3.8, 4) is 11.5 Å². The Kier molecular flexibility index (Phi) is 6.64. The van der Waals surface area contributed by atoms with Gasteiger partial charge in [0.25, 0.3) is 5.91 Å². The van der Waals surface area contributed by atoms with Crippen LogP contribution in [-0.4, -0.2) is 30.2 Å². The van der Waals surface area contributed by atoms with Crippen LogP contribution in [0.2, 0.25) is 0 Å². The molecule has 6 nitrogen and oxygen atoms in total. The Bertz CT molecular complexity index is 930. The molecule has 0 saturated heterocycles. The van der Waals surface area contributed by atoms with E-state index in [0.717, 1.165) is 12.1 Å². The summed E-state index contributed by atoms with van der Waals surface area (Å²) < 4.78 is 49.4. The van der Waals surface area contributed by atoms with Crippen molar-refractivity contribution >= 4 is 23.6 Å². The molecule has 148 valence electrons. The molecule has 0 aliphatic carbocycles. The van der Waals surface area contributed by atoms with E-state index in [0.29, 0.717) is 11.6 Å². The molecule has 0 aromatic heterocycles. The Labute approximate surface area is 158 Å². The fourth-order valence-electron chi connectivity index (χ4n) is 2.09. The van der Waals surface area contributed by atoms with E-state index in [1.807, 2.05) is 5.32 Å². The molecule has 0 aliphatic rings. The predicted octanol–water partition coefficient (Wildman–Crippen LogP) is 3.40. The third-order valence-corrected chi connectivity index (χ3v) is 3.57. The molecule has 0 saturated carbocycles. The van der Waals surface area contributed by atoms with E-state index in [1.54, 1.807) is 0 Å². The van der Waals surface area contributed by atoms with Gasteiger partial charge in [0.2, 0.25) is 0 Å². The maximum atomic E-state index is 13.6. The van der Waals surface area contributed by atoms with E-state index in [4.69, 9.17) is 9.47 Å². The quantitative estimate of drug-likeness (QED) is 0.445. The number of aromatic hydroxyl groups is 1. The molecule has 0 radical (unpaired) electrons. The van der Waals surface area contributed by atoms with Gasteiger partial charge in [-0.2, -0.15) is 0 Å². The monoisotopic (exact) mass is 395 g/mol. The molecule has 0 bridgehead atoms. The summed E-state index contributed by atoms with van der Waals surface area (Å²) in [4.78, 5) is 23.8. The minimum absolute atomic E-state index is 0.0722. The number of ether oxygens (including phenoxy) is 2. The summed E-state index contributed by atoms with van der Waals surface area (Å²) in [6.07, 6.45) is 1.07. The summed E-state index contributed by atoms with van der Waals surface area (Å²) in [6, 6.07) is 5.86. The fourth-order valence-corrected chi connectivity index (χ4v) is 2.09. The van der Waals surface area contributed by atoms with Gasteiger partial charge in [0.1, 0.15) is 0 Å². The van der Waals surface area contributed by atoms with Crippen molar-refractivity contribution in [2.75, 3.05) is 12.4 Å². The molecule has 0 unspecified atom stereocenters. The van der Waals surface area contributed by atoms with Gasteiger partial charge < -0.3 is 19.9 Å². The lowest BCUT2D eigenvalue weighted by Crippen LogP contribution is -2.29. The van der Waals surface area contributed by atoms with Gasteiger partial charge in [-0.3, -0.25) is 4.79 Å². The lowest BCUT2D eigenvalue weighted by molar-refractivity contribution is -0.148. The van der Waals surface area contributed by atoms with Crippen molar-refractivity contribution in [2.24, 2.45) is 0 Å². The molecular formula is C19H16F3NO5. The molecule has 2 aromatic rings. The van der Waals surface area contributed by atoms with Crippen molar-refractivity contribution in [3.05, 3.63) is 59.4 Å². The first-order chi connectivity index (χ1) is 13.2. The zero-order valence-electron chi connectivity index (χ0n) is 14.8. The standard InChI is InChI=1S/C19H16F3NO5/c1-10(19(26)23-13-6-5-12(20)17(21)18(13)22)28-16(25)8-4-11-3-7-14(24)15(9-11)27-2/h3-10,24H,1-2H3,(H,23,26)/b8-4+/t10-/m1/s1. The van der Waals surface area contributed by atoms with Crippen LogP contribution in [-0.2, 0) is 14.3 Å². The third-order valence-electron chi connectivity index (χ3n) is 3.57. The molecule has 2 aromatic carbocycles. The zero-order valence-corrected chi connectivity index (χ0v) is 14.8. The van der Waals surface area contributed by atoms with E-state index in [2.05, 4.69) is 0 Å². The maximum Gasteiger partial charge on any atom is 0.331 e. The van der Waals surface area contributed by atoms with Gasteiger partial charge in [0, 0.05) is 6.08 Å². The molecule has 1 amide bonds. The summed E-state index contributed by atoms with van der Waals surface area (Å²) in [7, 11) is 1.37. The van der Waals surface area contributed by atoms with Crippen LogP contribution in [0, 0.1) is 17.5 Å². The van der Waals surface area contributed by atoms with Crippen LogP contribution in [0.4, 0.5) is 18.9 Å². The first-order valence-corrected chi connectivity index (χ1v) is 7.93. The molecule has 2 rings (SSSR count). The van der Waals surface area contributed by atoms with Crippen molar-refractivity contribution < 1.29 is 37.3 Å². The molecule has 0 heterocycles. The highest BCUT2D eigenvalue weighted by Gasteiger charge is 2.20. The number of halogens is 3. The number of anilines is 1. The predicted molar refractivity (Wildman–Crippen MR) is 94.2 cm³/mol. The molecule has 1 atom stereocenters. The van der Waals surface area contributed by atoms with Gasteiger partial charge in [-0.25, -0.2) is 18.0 Å². The number of carbonyl (C=O) groups is 2. The zero-order chi connectivity index (χ0) is 20.8. The van der Waals surface area contributed by atoms with Gasteiger partial charge in [-0.05, 0) is 42.8 Å². The van der Waals surface area contributed by atoms with E-state index >= 15 is 0 Å². The van der Waals surface area contributed by atoms with Crippen molar-refractivity contribution in [3.63, 3.8) is 0 Å². The van der Waals surface area contributed by atoms with Crippen LogP contribution in [0.3, 0.4) is 0 Å². The largest absolute Gasteiger partial charge is 0.504 e. The second-order valence-electron chi connectivity index (χ2n) is 5.56. The Morgan fingerprint density at radius 1 is 1.14 bits per heavy atom. The van der Waals surface area contributed by atoms with Gasteiger partial charge in [-0.15, -0.1) is 0 Å². The number of phenolic OH excluding ortho intramolecular Hbond substituents is 1. The van der Waals surface area contributed by atoms with Crippen molar-refractivity contribution in [1.82, 2.24) is 0 Å². The van der Waals surface area contributed by atoms with Crippen LogP contribution in [0.15, 0.2) is 36.4 Å². The Balaban J connectivity index is 1.98. The number of rotatable bonds is 6. The second-order valence-corrected chi connectivity index (χ2v) is 5.56. The number of benzene rings is 2. The Morgan fingerprint density at radius 2 is 1.86 bits per heavy atom. The number of hydrogen-bond acceptors (Lipinski definition) is 5. The smallest absolute Gasteiger partial charge is 0.331 e. The summed E-state index contributed by atoms with van der Waals surface area (Å²) in [5.74, 6) is -6.36. The molecule has 0 aliphatic heterocycles. The summed E-state index contributed by atoms with van der Waals surface area (Å²) >= 11 is 0. The van der Waals surface area contributed by atoms with Crippen LogP contribution in [0.5, 0.6) is 11.5 Å². The highest BCUT2D eigenvalue weighted by Crippen LogP contribution is 2.26. The first-order valence-electron chi connectivity index (χ1n) is 7.93.